The Hall–Kier alpha value is -3.29. The lowest BCUT2D eigenvalue weighted by Gasteiger charge is -2.31. The highest BCUT2D eigenvalue weighted by Gasteiger charge is 2.30. The molecule has 44 heavy (non-hydrogen) atoms. The van der Waals surface area contributed by atoms with Crippen molar-refractivity contribution in [3.8, 4) is 17.1 Å². The van der Waals surface area contributed by atoms with Gasteiger partial charge >= 0.3 is 5.97 Å². The van der Waals surface area contributed by atoms with Crippen LogP contribution in [0.25, 0.3) is 22.4 Å². The summed E-state index contributed by atoms with van der Waals surface area (Å²) >= 11 is 0. The third-order valence-corrected chi connectivity index (χ3v) is 9.80. The van der Waals surface area contributed by atoms with Gasteiger partial charge in [0.1, 0.15) is 11.3 Å². The van der Waals surface area contributed by atoms with Gasteiger partial charge < -0.3 is 14.5 Å². The van der Waals surface area contributed by atoms with Crippen LogP contribution in [0.2, 0.25) is 0 Å². The quantitative estimate of drug-likeness (QED) is 0.230. The predicted octanol–water partition coefficient (Wildman–Crippen LogP) is 3.79. The van der Waals surface area contributed by atoms with Crippen LogP contribution in [-0.4, -0.2) is 82.9 Å². The molecule has 3 heterocycles. The average molecular weight is 631 g/mol. The first-order chi connectivity index (χ1) is 21.1. The van der Waals surface area contributed by atoms with Crippen molar-refractivity contribution in [3.05, 3.63) is 34.2 Å². The SMILES string of the molecule is CCCCCCCCC(=O)On1c(-c2cc(S(=O)(=O)N3CCN(C)CC3)ccc2OCC)nc(=O)c2c1c(CCC)nn2C. The van der Waals surface area contributed by atoms with Gasteiger partial charge in [-0.15, -0.1) is 0 Å². The Morgan fingerprint density at radius 2 is 1.64 bits per heavy atom. The summed E-state index contributed by atoms with van der Waals surface area (Å²) in [5.74, 6) is -0.167. The van der Waals surface area contributed by atoms with Gasteiger partial charge in [0.25, 0.3) is 5.56 Å². The minimum Gasteiger partial charge on any atom is -0.493 e. The lowest BCUT2D eigenvalue weighted by Crippen LogP contribution is -2.47. The fraction of sp³-hybridized carbons (Fsp3) is 0.613. The molecule has 0 N–H and O–H groups in total. The number of hydrogen-bond donors (Lipinski definition) is 0. The predicted molar refractivity (Wildman–Crippen MR) is 169 cm³/mol. The van der Waals surface area contributed by atoms with Gasteiger partial charge in [-0.1, -0.05) is 52.4 Å². The van der Waals surface area contributed by atoms with Gasteiger partial charge in [0, 0.05) is 39.6 Å². The second-order valence-corrected chi connectivity index (χ2v) is 13.3. The molecule has 0 amide bonds. The third kappa shape index (κ3) is 7.49. The second-order valence-electron chi connectivity index (χ2n) is 11.3. The number of aromatic nitrogens is 4. The van der Waals surface area contributed by atoms with Crippen molar-refractivity contribution in [2.24, 2.45) is 7.05 Å². The number of aryl methyl sites for hydroxylation is 2. The number of carbonyl (C=O) groups excluding carboxylic acids is 1. The maximum absolute atomic E-state index is 13.7. The number of fused-ring (bicyclic) bond motifs is 1. The molecular weight excluding hydrogens is 584 g/mol. The highest BCUT2D eigenvalue weighted by molar-refractivity contribution is 7.89. The first-order valence-corrected chi connectivity index (χ1v) is 17.2. The number of benzene rings is 1. The molecule has 0 saturated carbocycles. The summed E-state index contributed by atoms with van der Waals surface area (Å²) in [5, 5.41) is 4.56. The number of unbranched alkanes of at least 4 members (excludes halogenated alkanes) is 5. The van der Waals surface area contributed by atoms with E-state index in [-0.39, 0.29) is 34.8 Å². The fourth-order valence-electron chi connectivity index (χ4n) is 5.49. The highest BCUT2D eigenvalue weighted by Crippen LogP contribution is 2.34. The van der Waals surface area contributed by atoms with Gasteiger partial charge in [0.2, 0.25) is 10.0 Å². The van der Waals surface area contributed by atoms with Crippen molar-refractivity contribution in [1.82, 2.24) is 28.7 Å². The van der Waals surface area contributed by atoms with E-state index in [1.165, 1.54) is 32.3 Å². The van der Waals surface area contributed by atoms with E-state index in [1.54, 1.807) is 13.1 Å². The van der Waals surface area contributed by atoms with Crippen LogP contribution in [0.5, 0.6) is 5.75 Å². The first kappa shape index (κ1) is 33.6. The Balaban J connectivity index is 1.83. The van der Waals surface area contributed by atoms with E-state index >= 15 is 0 Å². The Labute approximate surface area is 260 Å². The van der Waals surface area contributed by atoms with E-state index in [1.807, 2.05) is 20.9 Å². The van der Waals surface area contributed by atoms with Crippen molar-refractivity contribution < 1.29 is 22.8 Å². The smallest absolute Gasteiger partial charge is 0.333 e. The summed E-state index contributed by atoms with van der Waals surface area (Å²) in [4.78, 5) is 39.2. The molecule has 1 saturated heterocycles. The molecule has 1 aliphatic heterocycles. The number of sulfonamides is 1. The standard InChI is InChI=1S/C31H46N6O6S/c1-6-9-10-11-12-13-15-27(38)43-37-28-25(14-7-2)33-35(5)29(28)31(39)32-30(37)24-22-23(16-17-26(24)42-8-3)44(40,41)36-20-18-34(4)19-21-36/h16-17,22H,6-15,18-21H2,1-5H3. The number of carbonyl (C=O) groups is 1. The maximum atomic E-state index is 13.7. The third-order valence-electron chi connectivity index (χ3n) is 7.90. The van der Waals surface area contributed by atoms with Crippen LogP contribution in [0.15, 0.2) is 27.9 Å². The zero-order chi connectivity index (χ0) is 31.9. The summed E-state index contributed by atoms with van der Waals surface area (Å²) in [7, 11) is -0.247. The molecule has 1 aliphatic rings. The number of rotatable bonds is 15. The molecule has 0 aliphatic carbocycles. The van der Waals surface area contributed by atoms with E-state index in [9.17, 15) is 18.0 Å². The number of piperazine rings is 1. The normalized spacial score (nSPS) is 14.8. The molecule has 242 valence electrons. The van der Waals surface area contributed by atoms with Crippen molar-refractivity contribution in [1.29, 1.82) is 0 Å². The van der Waals surface area contributed by atoms with Crippen LogP contribution in [0.3, 0.4) is 0 Å². The topological polar surface area (TPSA) is 129 Å². The van der Waals surface area contributed by atoms with Crippen molar-refractivity contribution in [3.63, 3.8) is 0 Å². The molecule has 0 bridgehead atoms. The molecule has 4 rings (SSSR count). The van der Waals surface area contributed by atoms with Crippen LogP contribution in [0.4, 0.5) is 0 Å². The molecule has 0 unspecified atom stereocenters. The summed E-state index contributed by atoms with van der Waals surface area (Å²) < 4.78 is 37.5. The molecule has 0 atom stereocenters. The molecule has 2 aromatic heterocycles. The summed E-state index contributed by atoms with van der Waals surface area (Å²) in [5.41, 5.74) is 0.793. The van der Waals surface area contributed by atoms with Gasteiger partial charge in [-0.05, 0) is 45.0 Å². The Bertz CT molecular complexity index is 1610. The van der Waals surface area contributed by atoms with Crippen molar-refractivity contribution >= 4 is 27.0 Å². The molecule has 3 aromatic rings. The van der Waals surface area contributed by atoms with Crippen LogP contribution in [0.1, 0.15) is 77.8 Å². The van der Waals surface area contributed by atoms with Crippen LogP contribution in [-0.2, 0) is 28.3 Å². The lowest BCUT2D eigenvalue weighted by atomic mass is 10.1. The van der Waals surface area contributed by atoms with E-state index in [2.05, 4.69) is 21.9 Å². The summed E-state index contributed by atoms with van der Waals surface area (Å²) in [6.07, 6.45) is 7.54. The Morgan fingerprint density at radius 3 is 2.32 bits per heavy atom. The van der Waals surface area contributed by atoms with Gasteiger partial charge in [0.05, 0.1) is 22.8 Å². The van der Waals surface area contributed by atoms with Crippen LogP contribution < -0.4 is 15.1 Å². The molecule has 1 fully saturated rings. The second kappa shape index (κ2) is 15.1. The van der Waals surface area contributed by atoms with E-state index < -0.39 is 21.6 Å². The first-order valence-electron chi connectivity index (χ1n) is 15.8. The molecule has 12 nitrogen and oxygen atoms in total. The molecule has 13 heteroatoms. The van der Waals surface area contributed by atoms with Gasteiger partial charge in [0.15, 0.2) is 11.3 Å². The Morgan fingerprint density at radius 1 is 0.932 bits per heavy atom. The fourth-order valence-corrected chi connectivity index (χ4v) is 6.93. The van der Waals surface area contributed by atoms with Gasteiger partial charge in [-0.25, -0.2) is 13.2 Å². The number of likely N-dealkylation sites (N-methyl/N-ethyl adjacent to an activating group) is 1. The Kier molecular flexibility index (Phi) is 11.6. The highest BCUT2D eigenvalue weighted by atomic mass is 32.2. The molecular formula is C31H46N6O6S. The number of hydrogen-bond acceptors (Lipinski definition) is 9. The zero-order valence-electron chi connectivity index (χ0n) is 26.7. The zero-order valence-corrected chi connectivity index (χ0v) is 27.5. The lowest BCUT2D eigenvalue weighted by molar-refractivity contribution is -0.143. The van der Waals surface area contributed by atoms with E-state index in [0.29, 0.717) is 56.0 Å². The van der Waals surface area contributed by atoms with Gasteiger partial charge in [-0.2, -0.15) is 19.1 Å². The van der Waals surface area contributed by atoms with Crippen LogP contribution in [0, 0.1) is 0 Å². The van der Waals surface area contributed by atoms with Gasteiger partial charge in [-0.3, -0.25) is 9.48 Å². The maximum Gasteiger partial charge on any atom is 0.333 e. The van der Waals surface area contributed by atoms with E-state index in [4.69, 9.17) is 9.57 Å². The summed E-state index contributed by atoms with van der Waals surface area (Å²) in [6.45, 7) is 8.22. The molecule has 1 aromatic carbocycles. The summed E-state index contributed by atoms with van der Waals surface area (Å²) in [6, 6.07) is 4.53. The van der Waals surface area contributed by atoms with Crippen LogP contribution >= 0.6 is 0 Å². The van der Waals surface area contributed by atoms with E-state index in [0.717, 1.165) is 32.1 Å². The molecule has 0 radical (unpaired) electrons. The number of nitrogens with zero attached hydrogens (tertiary/aromatic N) is 6. The molecule has 0 spiro atoms. The van der Waals surface area contributed by atoms with Crippen molar-refractivity contribution in [2.75, 3.05) is 39.8 Å². The minimum atomic E-state index is -3.86. The average Bonchev–Trinajstić information content (AvgIpc) is 3.33. The largest absolute Gasteiger partial charge is 0.493 e. The monoisotopic (exact) mass is 630 g/mol. The van der Waals surface area contributed by atoms with Crippen molar-refractivity contribution in [2.45, 2.75) is 83.5 Å². The minimum absolute atomic E-state index is 0.0111. The number of ether oxygens (including phenoxy) is 1.